The molecular weight excluding hydrogens is 357 g/mol. The van der Waals surface area contributed by atoms with Gasteiger partial charge >= 0.3 is 18.5 Å². The fourth-order valence-electron chi connectivity index (χ4n) is 3.87. The molecule has 136 valence electrons. The number of fused-ring (bicyclic) bond motifs is 2. The summed E-state index contributed by atoms with van der Waals surface area (Å²) in [5.41, 5.74) is -17.5. The molecule has 1 nitrogen and oxygen atoms in total. The van der Waals surface area contributed by atoms with Crippen molar-refractivity contribution >= 4 is 0 Å². The van der Waals surface area contributed by atoms with Crippen molar-refractivity contribution < 1.29 is 53.4 Å². The Kier molecular flexibility index (Phi) is 3.56. The van der Waals surface area contributed by atoms with Gasteiger partial charge in [0.1, 0.15) is 0 Å². The molecule has 2 aliphatic rings. The van der Waals surface area contributed by atoms with Gasteiger partial charge in [-0.25, -0.2) is 8.78 Å². The van der Waals surface area contributed by atoms with Crippen LogP contribution < -0.4 is 0 Å². The summed E-state index contributed by atoms with van der Waals surface area (Å²) in [5.74, 6) is -4.99. The normalized spacial score (nSPS) is 39.1. The minimum atomic E-state index is -6.90. The summed E-state index contributed by atoms with van der Waals surface area (Å²) in [6.07, 6.45) is -22.9. The third-order valence-corrected chi connectivity index (χ3v) is 4.85. The summed E-state index contributed by atoms with van der Waals surface area (Å²) in [6.45, 7) is 0. The molecule has 4 unspecified atom stereocenters. The smallest absolute Gasteiger partial charge is 0.371 e. The fraction of sp³-hybridized carbons (Fsp3) is 1.00. The van der Waals surface area contributed by atoms with Crippen molar-refractivity contribution in [2.24, 2.45) is 11.8 Å². The highest BCUT2D eigenvalue weighted by Crippen LogP contribution is 2.72. The zero-order chi connectivity index (χ0) is 18.3. The van der Waals surface area contributed by atoms with Gasteiger partial charge in [0.05, 0.1) is 0 Å². The Balaban J connectivity index is 2.80. The zero-order valence-electron chi connectivity index (χ0n) is 10.9. The van der Waals surface area contributed by atoms with Crippen molar-refractivity contribution in [3.8, 4) is 0 Å². The molecule has 1 N–H and O–H groups in total. The topological polar surface area (TPSA) is 20.2 Å². The average molecular weight is 366 g/mol. The monoisotopic (exact) mass is 366 g/mol. The lowest BCUT2D eigenvalue weighted by Crippen LogP contribution is -2.79. The van der Waals surface area contributed by atoms with Crippen LogP contribution in [0.15, 0.2) is 0 Å². The van der Waals surface area contributed by atoms with E-state index < -0.39 is 66.6 Å². The van der Waals surface area contributed by atoms with Gasteiger partial charge in [-0.05, 0) is 19.3 Å². The highest BCUT2D eigenvalue weighted by atomic mass is 19.4. The summed E-state index contributed by atoms with van der Waals surface area (Å²) in [5, 5.41) is 9.10. The molecule has 12 heteroatoms. The van der Waals surface area contributed by atoms with E-state index in [4.69, 9.17) is 5.11 Å². The SMILES string of the molecule is OC(C(F)(F)F)(C(F)(F)F)C1(F)C2CCC(C2)C1(F)C(F)(F)F. The third kappa shape index (κ3) is 1.84. The second-order valence-corrected chi connectivity index (χ2v) is 5.83. The van der Waals surface area contributed by atoms with Crippen LogP contribution in [-0.2, 0) is 0 Å². The molecule has 2 aliphatic carbocycles. The predicted octanol–water partition coefficient (Wildman–Crippen LogP) is 4.25. The molecule has 0 saturated heterocycles. The van der Waals surface area contributed by atoms with Crippen LogP contribution in [0.4, 0.5) is 48.3 Å². The van der Waals surface area contributed by atoms with Gasteiger partial charge in [0, 0.05) is 11.8 Å². The first-order chi connectivity index (χ1) is 9.96. The standard InChI is InChI=1S/C11H9F11O/c12-6(8(23,10(17,18)19)11(20,21)22)4-1-2-5(3-4)7(6,13)9(14,15)16/h4-5,23H,1-3H2. The minimum absolute atomic E-state index is 0.724. The minimum Gasteiger partial charge on any atom is -0.371 e. The first-order valence-electron chi connectivity index (χ1n) is 6.26. The van der Waals surface area contributed by atoms with Gasteiger partial charge in [-0.3, -0.25) is 0 Å². The quantitative estimate of drug-likeness (QED) is 0.688. The van der Waals surface area contributed by atoms with E-state index in [0.717, 1.165) is 0 Å². The van der Waals surface area contributed by atoms with Crippen molar-refractivity contribution in [1.29, 1.82) is 0 Å². The summed E-state index contributed by atoms with van der Waals surface area (Å²) in [6, 6.07) is 0. The number of rotatable bonds is 1. The Hall–Kier alpha value is -0.810. The Morgan fingerprint density at radius 2 is 1.04 bits per heavy atom. The second-order valence-electron chi connectivity index (χ2n) is 5.83. The van der Waals surface area contributed by atoms with E-state index in [1.807, 2.05) is 0 Å². The maximum Gasteiger partial charge on any atom is 0.429 e. The molecule has 2 rings (SSSR count). The van der Waals surface area contributed by atoms with Crippen molar-refractivity contribution in [2.75, 3.05) is 0 Å². The highest BCUT2D eigenvalue weighted by Gasteiger charge is 2.94. The van der Waals surface area contributed by atoms with Gasteiger partial charge in [-0.1, -0.05) is 0 Å². The third-order valence-electron chi connectivity index (χ3n) is 4.85. The maximum absolute atomic E-state index is 14.8. The van der Waals surface area contributed by atoms with Gasteiger partial charge in [0.15, 0.2) is 0 Å². The molecule has 23 heavy (non-hydrogen) atoms. The Morgan fingerprint density at radius 1 is 0.696 bits per heavy atom. The Morgan fingerprint density at radius 3 is 1.35 bits per heavy atom. The lowest BCUT2D eigenvalue weighted by atomic mass is 9.64. The van der Waals surface area contributed by atoms with Crippen LogP contribution >= 0.6 is 0 Å². The molecule has 2 bridgehead atoms. The lowest BCUT2D eigenvalue weighted by molar-refractivity contribution is -0.438. The molecule has 2 fully saturated rings. The van der Waals surface area contributed by atoms with E-state index in [9.17, 15) is 48.3 Å². The Labute approximate surface area is 121 Å². The number of hydrogen-bond donors (Lipinski definition) is 1. The number of aliphatic hydroxyl groups is 1. The molecular formula is C11H9F11O. The van der Waals surface area contributed by atoms with Gasteiger partial charge in [0.25, 0.3) is 5.60 Å². The molecule has 0 spiro atoms. The van der Waals surface area contributed by atoms with Gasteiger partial charge in [-0.2, -0.15) is 39.5 Å². The molecule has 2 saturated carbocycles. The number of hydrogen-bond acceptors (Lipinski definition) is 1. The lowest BCUT2D eigenvalue weighted by Gasteiger charge is -2.51. The number of alkyl halides is 11. The van der Waals surface area contributed by atoms with E-state index in [2.05, 4.69) is 0 Å². The summed E-state index contributed by atoms with van der Waals surface area (Å²) < 4.78 is 145. The second kappa shape index (κ2) is 4.42. The van der Waals surface area contributed by atoms with E-state index in [-0.39, 0.29) is 0 Å². The molecule has 0 aliphatic heterocycles. The van der Waals surface area contributed by atoms with Crippen LogP contribution in [0.3, 0.4) is 0 Å². The van der Waals surface area contributed by atoms with Gasteiger partial charge in [-0.15, -0.1) is 0 Å². The van der Waals surface area contributed by atoms with Crippen LogP contribution in [0.2, 0.25) is 0 Å². The maximum atomic E-state index is 14.8. The van der Waals surface area contributed by atoms with Crippen LogP contribution in [0.1, 0.15) is 19.3 Å². The number of halogens is 11. The average Bonchev–Trinajstić information content (AvgIpc) is 2.87. The van der Waals surface area contributed by atoms with Crippen LogP contribution in [-0.4, -0.2) is 40.6 Å². The van der Waals surface area contributed by atoms with Crippen LogP contribution in [0.25, 0.3) is 0 Å². The van der Waals surface area contributed by atoms with Crippen molar-refractivity contribution in [2.45, 2.75) is 54.7 Å². The van der Waals surface area contributed by atoms with E-state index >= 15 is 0 Å². The van der Waals surface area contributed by atoms with Crippen molar-refractivity contribution in [3.63, 3.8) is 0 Å². The summed E-state index contributed by atoms with van der Waals surface area (Å²) in [4.78, 5) is 0. The summed E-state index contributed by atoms with van der Waals surface area (Å²) >= 11 is 0. The highest BCUT2D eigenvalue weighted by molar-refractivity contribution is 5.30. The first kappa shape index (κ1) is 18.5. The zero-order valence-corrected chi connectivity index (χ0v) is 10.9. The van der Waals surface area contributed by atoms with Crippen LogP contribution in [0.5, 0.6) is 0 Å². The molecule has 0 amide bonds. The molecule has 4 atom stereocenters. The molecule has 0 aromatic carbocycles. The van der Waals surface area contributed by atoms with Gasteiger partial charge in [0.2, 0.25) is 11.3 Å². The predicted molar refractivity (Wildman–Crippen MR) is 51.6 cm³/mol. The largest absolute Gasteiger partial charge is 0.429 e. The molecule has 0 aromatic heterocycles. The van der Waals surface area contributed by atoms with Crippen molar-refractivity contribution in [1.82, 2.24) is 0 Å². The molecule has 0 radical (unpaired) electrons. The van der Waals surface area contributed by atoms with E-state index in [1.54, 1.807) is 0 Å². The fourth-order valence-corrected chi connectivity index (χ4v) is 3.87. The van der Waals surface area contributed by atoms with Crippen molar-refractivity contribution in [3.05, 3.63) is 0 Å². The van der Waals surface area contributed by atoms with Crippen LogP contribution in [0, 0.1) is 11.8 Å². The van der Waals surface area contributed by atoms with E-state index in [1.165, 1.54) is 0 Å². The molecule has 0 aromatic rings. The summed E-state index contributed by atoms with van der Waals surface area (Å²) in [7, 11) is 0. The first-order valence-corrected chi connectivity index (χ1v) is 6.26. The Bertz CT molecular complexity index is 478. The van der Waals surface area contributed by atoms with Gasteiger partial charge < -0.3 is 5.11 Å². The van der Waals surface area contributed by atoms with E-state index in [0.29, 0.717) is 0 Å². The molecule has 0 heterocycles.